The maximum Gasteiger partial charge on any atom is 0.123 e. The first-order valence-corrected chi connectivity index (χ1v) is 7.46. The molecule has 1 N–H and O–H groups in total. The number of rotatable bonds is 6. The summed E-state index contributed by atoms with van der Waals surface area (Å²) in [4.78, 5) is 1.69. The third-order valence-electron chi connectivity index (χ3n) is 3.69. The molecule has 0 aliphatic heterocycles. The Morgan fingerprint density at radius 1 is 1.14 bits per heavy atom. The van der Waals surface area contributed by atoms with Crippen molar-refractivity contribution < 1.29 is 4.74 Å². The monoisotopic (exact) mass is 296 g/mol. The van der Waals surface area contributed by atoms with E-state index in [1.165, 1.54) is 16.3 Å². The van der Waals surface area contributed by atoms with Crippen molar-refractivity contribution in [3.8, 4) is 5.75 Å². The van der Waals surface area contributed by atoms with E-state index in [-0.39, 0.29) is 0 Å². The first-order valence-electron chi connectivity index (χ1n) is 7.46. The largest absolute Gasteiger partial charge is 0.496 e. The number of hydrogen-bond acceptors (Lipinski definition) is 4. The van der Waals surface area contributed by atoms with Crippen LogP contribution in [-0.4, -0.2) is 22.1 Å². The average Bonchev–Trinajstić information content (AvgIpc) is 3.03. The van der Waals surface area contributed by atoms with Crippen LogP contribution in [0.2, 0.25) is 0 Å². The van der Waals surface area contributed by atoms with Crippen LogP contribution in [0.25, 0.3) is 10.8 Å². The van der Waals surface area contributed by atoms with Crippen LogP contribution in [0.1, 0.15) is 18.2 Å². The van der Waals surface area contributed by atoms with Gasteiger partial charge < -0.3 is 10.1 Å². The average molecular weight is 296 g/mol. The molecular formula is C17H20N4O. The van der Waals surface area contributed by atoms with Crippen molar-refractivity contribution in [2.75, 3.05) is 7.11 Å². The van der Waals surface area contributed by atoms with E-state index in [1.807, 2.05) is 13.0 Å². The lowest BCUT2D eigenvalue weighted by Crippen LogP contribution is -2.14. The minimum Gasteiger partial charge on any atom is -0.496 e. The van der Waals surface area contributed by atoms with Crippen molar-refractivity contribution in [2.24, 2.45) is 0 Å². The lowest BCUT2D eigenvalue weighted by Gasteiger charge is -2.12. The lowest BCUT2D eigenvalue weighted by atomic mass is 10.0. The van der Waals surface area contributed by atoms with Crippen molar-refractivity contribution >= 4 is 10.8 Å². The summed E-state index contributed by atoms with van der Waals surface area (Å²) < 4.78 is 5.51. The summed E-state index contributed by atoms with van der Waals surface area (Å²) in [6.45, 7) is 4.23. The van der Waals surface area contributed by atoms with Crippen molar-refractivity contribution in [2.45, 2.75) is 26.6 Å². The van der Waals surface area contributed by atoms with E-state index in [4.69, 9.17) is 4.74 Å². The number of aromatic nitrogens is 3. The Kier molecular flexibility index (Phi) is 4.34. The molecule has 0 spiro atoms. The van der Waals surface area contributed by atoms with Gasteiger partial charge in [-0.15, -0.1) is 0 Å². The first kappa shape index (κ1) is 14.5. The zero-order chi connectivity index (χ0) is 15.4. The van der Waals surface area contributed by atoms with Gasteiger partial charge in [-0.05, 0) is 23.8 Å². The van der Waals surface area contributed by atoms with Gasteiger partial charge >= 0.3 is 0 Å². The van der Waals surface area contributed by atoms with E-state index in [9.17, 15) is 0 Å². The van der Waals surface area contributed by atoms with Gasteiger partial charge in [0.15, 0.2) is 0 Å². The van der Waals surface area contributed by atoms with Crippen LogP contribution < -0.4 is 10.1 Å². The topological polar surface area (TPSA) is 52.0 Å². The smallest absolute Gasteiger partial charge is 0.123 e. The zero-order valence-corrected chi connectivity index (χ0v) is 12.9. The highest BCUT2D eigenvalue weighted by Crippen LogP contribution is 2.27. The molecule has 3 aromatic rings. The quantitative estimate of drug-likeness (QED) is 0.760. The summed E-state index contributed by atoms with van der Waals surface area (Å²) in [6.07, 6.45) is 1.80. The van der Waals surface area contributed by atoms with Crippen LogP contribution in [-0.2, 0) is 19.6 Å². The predicted molar refractivity (Wildman–Crippen MR) is 86.7 cm³/mol. The lowest BCUT2D eigenvalue weighted by molar-refractivity contribution is 0.408. The second-order valence-electron chi connectivity index (χ2n) is 5.10. The number of nitrogens with zero attached hydrogens (tertiary/aromatic N) is 3. The molecule has 0 aliphatic carbocycles. The molecular weight excluding hydrogens is 276 g/mol. The summed E-state index contributed by atoms with van der Waals surface area (Å²) in [5.74, 6) is 0.906. The number of benzene rings is 2. The number of ether oxygens (including phenoxy) is 1. The Morgan fingerprint density at radius 2 is 2.00 bits per heavy atom. The van der Waals surface area contributed by atoms with Crippen molar-refractivity contribution in [1.29, 1.82) is 0 Å². The fourth-order valence-electron chi connectivity index (χ4n) is 2.57. The number of nitrogens with one attached hydrogen (secondary N) is 1. The van der Waals surface area contributed by atoms with Gasteiger partial charge in [0.25, 0.3) is 0 Å². The minimum atomic E-state index is 0.687. The van der Waals surface area contributed by atoms with E-state index in [2.05, 4.69) is 45.8 Å². The number of hydrogen-bond donors (Lipinski definition) is 1. The molecule has 0 bridgehead atoms. The van der Waals surface area contributed by atoms with E-state index in [1.54, 1.807) is 18.1 Å². The van der Waals surface area contributed by atoms with Gasteiger partial charge in [-0.3, -0.25) is 0 Å². The van der Waals surface area contributed by atoms with Gasteiger partial charge in [0, 0.05) is 18.7 Å². The molecule has 0 aliphatic rings. The highest BCUT2D eigenvalue weighted by atomic mass is 16.5. The highest BCUT2D eigenvalue weighted by molar-refractivity contribution is 5.87. The van der Waals surface area contributed by atoms with Crippen molar-refractivity contribution in [1.82, 2.24) is 20.3 Å². The predicted octanol–water partition coefficient (Wildman–Crippen LogP) is 2.75. The van der Waals surface area contributed by atoms with E-state index >= 15 is 0 Å². The fourth-order valence-corrected chi connectivity index (χ4v) is 2.57. The van der Waals surface area contributed by atoms with Crippen molar-refractivity contribution in [3.05, 3.63) is 53.9 Å². The van der Waals surface area contributed by atoms with Crippen LogP contribution >= 0.6 is 0 Å². The molecule has 0 fully saturated rings. The molecule has 0 unspecified atom stereocenters. The minimum absolute atomic E-state index is 0.687. The van der Waals surface area contributed by atoms with Gasteiger partial charge in [0.2, 0.25) is 0 Å². The number of fused-ring (bicyclic) bond motifs is 1. The molecule has 3 rings (SSSR count). The third-order valence-corrected chi connectivity index (χ3v) is 3.69. The fraction of sp³-hybridized carbons (Fsp3) is 0.294. The van der Waals surface area contributed by atoms with E-state index in [0.717, 1.165) is 24.5 Å². The summed E-state index contributed by atoms with van der Waals surface area (Å²) in [7, 11) is 1.71. The maximum atomic E-state index is 5.51. The molecule has 1 heterocycles. The summed E-state index contributed by atoms with van der Waals surface area (Å²) in [5, 5.41) is 14.4. The molecule has 5 heteroatoms. The molecule has 2 aromatic carbocycles. The molecule has 22 heavy (non-hydrogen) atoms. The molecule has 114 valence electrons. The Morgan fingerprint density at radius 3 is 2.77 bits per heavy atom. The van der Waals surface area contributed by atoms with Gasteiger partial charge in [0.05, 0.1) is 25.5 Å². The molecule has 1 aromatic heterocycles. The SMILES string of the molecule is CCn1ncc(CNCc2c(OC)ccc3ccccc23)n1. The third kappa shape index (κ3) is 2.94. The van der Waals surface area contributed by atoms with E-state index < -0.39 is 0 Å². The molecule has 0 atom stereocenters. The Bertz CT molecular complexity index is 766. The van der Waals surface area contributed by atoms with Crippen LogP contribution in [0.5, 0.6) is 5.75 Å². The second kappa shape index (κ2) is 6.58. The number of aryl methyl sites for hydroxylation is 1. The summed E-state index contributed by atoms with van der Waals surface area (Å²) >= 11 is 0. The van der Waals surface area contributed by atoms with Crippen LogP contribution in [0.3, 0.4) is 0 Å². The summed E-state index contributed by atoms with van der Waals surface area (Å²) in [5.41, 5.74) is 2.12. The van der Waals surface area contributed by atoms with Gasteiger partial charge in [-0.1, -0.05) is 30.3 Å². The van der Waals surface area contributed by atoms with E-state index in [0.29, 0.717) is 6.54 Å². The van der Waals surface area contributed by atoms with Crippen LogP contribution in [0.15, 0.2) is 42.6 Å². The molecule has 0 radical (unpaired) electrons. The Labute approximate surface area is 129 Å². The highest BCUT2D eigenvalue weighted by Gasteiger charge is 2.08. The van der Waals surface area contributed by atoms with Gasteiger partial charge in [-0.25, -0.2) is 0 Å². The Hall–Kier alpha value is -2.40. The zero-order valence-electron chi connectivity index (χ0n) is 12.9. The molecule has 0 saturated heterocycles. The van der Waals surface area contributed by atoms with Gasteiger partial charge in [0.1, 0.15) is 5.75 Å². The standard InChI is InChI=1S/C17H20N4O/c1-3-21-19-11-14(20-21)10-18-12-16-15-7-5-4-6-13(15)8-9-17(16)22-2/h4-9,11,18H,3,10,12H2,1-2H3. The molecule has 5 nitrogen and oxygen atoms in total. The normalized spacial score (nSPS) is 11.0. The van der Waals surface area contributed by atoms with Gasteiger partial charge in [-0.2, -0.15) is 15.0 Å². The number of methoxy groups -OCH3 is 1. The summed E-state index contributed by atoms with van der Waals surface area (Å²) in [6, 6.07) is 12.5. The van der Waals surface area contributed by atoms with Crippen LogP contribution in [0, 0.1) is 0 Å². The maximum absolute atomic E-state index is 5.51. The first-order chi connectivity index (χ1) is 10.8. The Balaban J connectivity index is 1.77. The van der Waals surface area contributed by atoms with Crippen molar-refractivity contribution in [3.63, 3.8) is 0 Å². The second-order valence-corrected chi connectivity index (χ2v) is 5.10. The molecule has 0 amide bonds. The van der Waals surface area contributed by atoms with Crippen LogP contribution in [0.4, 0.5) is 0 Å². The molecule has 0 saturated carbocycles.